The highest BCUT2D eigenvalue weighted by atomic mass is 16.6. The van der Waals surface area contributed by atoms with Crippen LogP contribution in [0.25, 0.3) is 0 Å². The molecule has 1 unspecified atom stereocenters. The number of carbonyl (C=O) groups excluding carboxylic acids is 1. The fraction of sp³-hybridized carbons (Fsp3) is 0.909. The van der Waals surface area contributed by atoms with Crippen LogP contribution in [0.5, 0.6) is 0 Å². The summed E-state index contributed by atoms with van der Waals surface area (Å²) < 4.78 is 5.10. The summed E-state index contributed by atoms with van der Waals surface area (Å²) >= 11 is 0. The maximum absolute atomic E-state index is 11.4. The van der Waals surface area contributed by atoms with Crippen molar-refractivity contribution in [3.8, 4) is 0 Å². The van der Waals surface area contributed by atoms with E-state index in [9.17, 15) is 4.79 Å². The minimum Gasteiger partial charge on any atom is -0.444 e. The normalized spacial score (nSPS) is 14.4. The lowest BCUT2D eigenvalue weighted by atomic mass is 9.89. The smallest absolute Gasteiger partial charge is 0.407 e. The van der Waals surface area contributed by atoms with Gasteiger partial charge >= 0.3 is 6.09 Å². The standard InChI is InChI=1S/C11H24N2O3/c1-10(2,3)8(16-12)7-13-9(14)15-11(4,5)6/h8H,7,12H2,1-6H3,(H,13,14). The number of hydrogen-bond acceptors (Lipinski definition) is 4. The quantitative estimate of drug-likeness (QED) is 0.728. The fourth-order valence-electron chi connectivity index (χ4n) is 1.05. The molecule has 5 heteroatoms. The average Bonchev–Trinajstić information content (AvgIpc) is 1.98. The van der Waals surface area contributed by atoms with Crippen molar-refractivity contribution in [2.75, 3.05) is 6.54 Å². The van der Waals surface area contributed by atoms with Crippen LogP contribution < -0.4 is 11.2 Å². The summed E-state index contributed by atoms with van der Waals surface area (Å²) in [7, 11) is 0. The van der Waals surface area contributed by atoms with Gasteiger partial charge in [-0.05, 0) is 26.2 Å². The van der Waals surface area contributed by atoms with E-state index in [4.69, 9.17) is 15.5 Å². The predicted octanol–water partition coefficient (Wildman–Crippen LogP) is 1.82. The van der Waals surface area contributed by atoms with Crippen molar-refractivity contribution in [2.24, 2.45) is 11.3 Å². The van der Waals surface area contributed by atoms with Gasteiger partial charge in [-0.3, -0.25) is 4.84 Å². The molecule has 0 aromatic heterocycles. The molecule has 0 radical (unpaired) electrons. The van der Waals surface area contributed by atoms with Gasteiger partial charge in [-0.1, -0.05) is 20.8 Å². The van der Waals surface area contributed by atoms with Crippen LogP contribution in [0.4, 0.5) is 4.79 Å². The molecule has 96 valence electrons. The van der Waals surface area contributed by atoms with Gasteiger partial charge in [0.1, 0.15) is 11.7 Å². The first-order valence-corrected chi connectivity index (χ1v) is 5.38. The van der Waals surface area contributed by atoms with Gasteiger partial charge in [0.05, 0.1) is 0 Å². The third kappa shape index (κ3) is 6.63. The van der Waals surface area contributed by atoms with Gasteiger partial charge < -0.3 is 10.1 Å². The molecule has 3 N–H and O–H groups in total. The van der Waals surface area contributed by atoms with Gasteiger partial charge in [0, 0.05) is 6.54 Å². The molecular formula is C11H24N2O3. The fourth-order valence-corrected chi connectivity index (χ4v) is 1.05. The Bertz CT molecular complexity index is 228. The Kier molecular flexibility index (Phi) is 5.22. The Morgan fingerprint density at radius 1 is 1.25 bits per heavy atom. The highest BCUT2D eigenvalue weighted by Crippen LogP contribution is 2.20. The van der Waals surface area contributed by atoms with Crippen LogP contribution in [0, 0.1) is 5.41 Å². The van der Waals surface area contributed by atoms with E-state index in [1.807, 2.05) is 41.5 Å². The van der Waals surface area contributed by atoms with E-state index in [0.29, 0.717) is 6.54 Å². The number of alkyl carbamates (subject to hydrolysis) is 1. The first-order chi connectivity index (χ1) is 7.06. The number of rotatable bonds is 3. The van der Waals surface area contributed by atoms with E-state index in [2.05, 4.69) is 5.32 Å². The van der Waals surface area contributed by atoms with Crippen molar-refractivity contribution >= 4 is 6.09 Å². The molecule has 0 aliphatic heterocycles. The van der Waals surface area contributed by atoms with Gasteiger partial charge in [0.2, 0.25) is 0 Å². The van der Waals surface area contributed by atoms with Crippen LogP contribution in [0.1, 0.15) is 41.5 Å². The van der Waals surface area contributed by atoms with Crippen LogP contribution in [0.3, 0.4) is 0 Å². The number of amides is 1. The summed E-state index contributed by atoms with van der Waals surface area (Å²) in [4.78, 5) is 16.2. The topological polar surface area (TPSA) is 73.6 Å². The van der Waals surface area contributed by atoms with Gasteiger partial charge in [-0.25, -0.2) is 10.7 Å². The van der Waals surface area contributed by atoms with E-state index < -0.39 is 11.7 Å². The lowest BCUT2D eigenvalue weighted by Crippen LogP contribution is -2.44. The molecule has 0 aromatic rings. The molecule has 0 saturated heterocycles. The van der Waals surface area contributed by atoms with Gasteiger partial charge in [0.25, 0.3) is 0 Å². The van der Waals surface area contributed by atoms with Crippen LogP contribution in [0.15, 0.2) is 0 Å². The van der Waals surface area contributed by atoms with E-state index in [1.165, 1.54) is 0 Å². The van der Waals surface area contributed by atoms with Crippen LogP contribution in [-0.4, -0.2) is 24.3 Å². The molecule has 0 rings (SSSR count). The molecule has 0 heterocycles. The van der Waals surface area contributed by atoms with Gasteiger partial charge in [0.15, 0.2) is 0 Å². The molecule has 0 fully saturated rings. The molecule has 0 spiro atoms. The zero-order chi connectivity index (χ0) is 13.0. The summed E-state index contributed by atoms with van der Waals surface area (Å²) in [5.41, 5.74) is -0.630. The SMILES string of the molecule is CC(C)(C)OC(=O)NCC(ON)C(C)(C)C. The molecule has 0 saturated carbocycles. The summed E-state index contributed by atoms with van der Waals surface area (Å²) in [6.45, 7) is 11.7. The molecule has 16 heavy (non-hydrogen) atoms. The minimum absolute atomic E-state index is 0.135. The third-order valence-corrected chi connectivity index (χ3v) is 1.96. The lowest BCUT2D eigenvalue weighted by molar-refractivity contribution is -0.0203. The first kappa shape index (κ1) is 15.2. The number of hydrogen-bond donors (Lipinski definition) is 2. The van der Waals surface area contributed by atoms with E-state index in [1.54, 1.807) is 0 Å². The Balaban J connectivity index is 4.09. The summed E-state index contributed by atoms with van der Waals surface area (Å²) in [5.74, 6) is 5.18. The van der Waals surface area contributed by atoms with Crippen molar-refractivity contribution in [2.45, 2.75) is 53.2 Å². The molecular weight excluding hydrogens is 208 g/mol. The second-order valence-electron chi connectivity index (χ2n) is 5.87. The van der Waals surface area contributed by atoms with Crippen molar-refractivity contribution in [1.82, 2.24) is 5.32 Å². The van der Waals surface area contributed by atoms with Crippen LogP contribution in [-0.2, 0) is 9.57 Å². The molecule has 0 aromatic carbocycles. The van der Waals surface area contributed by atoms with Gasteiger partial charge in [-0.2, -0.15) is 0 Å². The van der Waals surface area contributed by atoms with Crippen molar-refractivity contribution < 1.29 is 14.4 Å². The molecule has 0 aliphatic carbocycles. The summed E-state index contributed by atoms with van der Waals surface area (Å²) in [6.07, 6.45) is -0.709. The van der Waals surface area contributed by atoms with Crippen LogP contribution >= 0.6 is 0 Å². The van der Waals surface area contributed by atoms with Crippen molar-refractivity contribution in [1.29, 1.82) is 0 Å². The number of carbonyl (C=O) groups is 1. The zero-order valence-electron chi connectivity index (χ0n) is 11.1. The maximum atomic E-state index is 11.4. The molecule has 1 atom stereocenters. The monoisotopic (exact) mass is 232 g/mol. The second-order valence-corrected chi connectivity index (χ2v) is 5.87. The first-order valence-electron chi connectivity index (χ1n) is 5.38. The predicted molar refractivity (Wildman–Crippen MR) is 62.8 cm³/mol. The Morgan fingerprint density at radius 3 is 2.06 bits per heavy atom. The Hall–Kier alpha value is -0.810. The molecule has 0 aliphatic rings. The molecule has 1 amide bonds. The van der Waals surface area contributed by atoms with Crippen molar-refractivity contribution in [3.63, 3.8) is 0 Å². The van der Waals surface area contributed by atoms with E-state index in [-0.39, 0.29) is 11.5 Å². The minimum atomic E-state index is -0.495. The number of nitrogens with one attached hydrogen (secondary N) is 1. The second kappa shape index (κ2) is 5.50. The highest BCUT2D eigenvalue weighted by molar-refractivity contribution is 5.67. The van der Waals surface area contributed by atoms with E-state index in [0.717, 1.165) is 0 Å². The maximum Gasteiger partial charge on any atom is 0.407 e. The number of nitrogens with two attached hydrogens (primary N) is 1. The molecule has 0 bridgehead atoms. The third-order valence-electron chi connectivity index (χ3n) is 1.96. The van der Waals surface area contributed by atoms with E-state index >= 15 is 0 Å². The van der Waals surface area contributed by atoms with Crippen molar-refractivity contribution in [3.05, 3.63) is 0 Å². The Morgan fingerprint density at radius 2 is 1.75 bits per heavy atom. The average molecular weight is 232 g/mol. The highest BCUT2D eigenvalue weighted by Gasteiger charge is 2.26. The number of ether oxygens (including phenoxy) is 1. The molecule has 5 nitrogen and oxygen atoms in total. The summed E-state index contributed by atoms with van der Waals surface area (Å²) in [6, 6.07) is 0. The Labute approximate surface area is 97.6 Å². The largest absolute Gasteiger partial charge is 0.444 e. The zero-order valence-corrected chi connectivity index (χ0v) is 11.1. The van der Waals surface area contributed by atoms with Gasteiger partial charge in [-0.15, -0.1) is 0 Å². The lowest BCUT2D eigenvalue weighted by Gasteiger charge is -2.29. The summed E-state index contributed by atoms with van der Waals surface area (Å²) in [5, 5.41) is 2.63. The van der Waals surface area contributed by atoms with Crippen LogP contribution in [0.2, 0.25) is 0 Å².